The van der Waals surface area contributed by atoms with Crippen LogP contribution in [-0.2, 0) is 10.2 Å². The molecule has 2 unspecified atom stereocenters. The number of hydrogen-bond acceptors (Lipinski definition) is 1. The minimum absolute atomic E-state index is 0.0909. The summed E-state index contributed by atoms with van der Waals surface area (Å²) in [6.07, 6.45) is 1.52. The van der Waals surface area contributed by atoms with Crippen LogP contribution in [-0.4, -0.2) is 5.78 Å². The fourth-order valence-electron chi connectivity index (χ4n) is 3.28. The first-order chi connectivity index (χ1) is 8.32. The van der Waals surface area contributed by atoms with Gasteiger partial charge in [-0.3, -0.25) is 4.79 Å². The van der Waals surface area contributed by atoms with E-state index in [0.29, 0.717) is 18.1 Å². The van der Waals surface area contributed by atoms with Crippen molar-refractivity contribution in [2.45, 2.75) is 46.0 Å². The van der Waals surface area contributed by atoms with Crippen molar-refractivity contribution in [2.75, 3.05) is 0 Å². The second-order valence-electron chi connectivity index (χ2n) is 6.18. The smallest absolute Gasteiger partial charge is 0.139 e. The normalized spacial score (nSPS) is 28.1. The van der Waals surface area contributed by atoms with E-state index >= 15 is 0 Å². The van der Waals surface area contributed by atoms with Crippen LogP contribution in [0.15, 0.2) is 24.3 Å². The molecule has 2 rings (SSSR count). The van der Waals surface area contributed by atoms with E-state index in [0.717, 1.165) is 12.0 Å². The number of hydrogen-bond donors (Lipinski definition) is 0. The molecule has 1 nitrogen and oxygen atoms in total. The van der Waals surface area contributed by atoms with Crippen LogP contribution in [0.25, 0.3) is 0 Å². The fourth-order valence-corrected chi connectivity index (χ4v) is 3.28. The molecular weight excluding hydrogens is 227 g/mol. The number of carbonyl (C=O) groups excluding carboxylic acids is 1. The van der Waals surface area contributed by atoms with Gasteiger partial charge in [0.1, 0.15) is 11.6 Å². The summed E-state index contributed by atoms with van der Waals surface area (Å²) in [4.78, 5) is 11.9. The molecule has 2 atom stereocenters. The lowest BCUT2D eigenvalue weighted by molar-refractivity contribution is -0.149. The standard InChI is InChI=1S/C16H21FO/c1-5-16(4)13(10-14(16)18)15(2,3)11-6-8-12(17)9-7-11/h6-9,13H,5,10H2,1-4H3. The topological polar surface area (TPSA) is 17.1 Å². The Bertz CT molecular complexity index is 460. The maximum Gasteiger partial charge on any atom is 0.139 e. The van der Waals surface area contributed by atoms with E-state index in [1.54, 1.807) is 0 Å². The zero-order valence-electron chi connectivity index (χ0n) is 11.6. The zero-order valence-corrected chi connectivity index (χ0v) is 11.6. The average Bonchev–Trinajstić information content (AvgIpc) is 2.35. The maximum atomic E-state index is 13.0. The Morgan fingerprint density at radius 1 is 1.33 bits per heavy atom. The Hall–Kier alpha value is -1.18. The third-order valence-electron chi connectivity index (χ3n) is 4.99. The van der Waals surface area contributed by atoms with E-state index in [9.17, 15) is 9.18 Å². The molecular formula is C16H21FO. The molecule has 1 aromatic carbocycles. The first kappa shape index (κ1) is 13.3. The van der Waals surface area contributed by atoms with Gasteiger partial charge in [-0.1, -0.05) is 39.8 Å². The van der Waals surface area contributed by atoms with Gasteiger partial charge < -0.3 is 0 Å². The zero-order chi connectivity index (χ0) is 13.6. The molecule has 0 aliphatic heterocycles. The van der Waals surface area contributed by atoms with E-state index in [-0.39, 0.29) is 16.6 Å². The van der Waals surface area contributed by atoms with Gasteiger partial charge in [0.2, 0.25) is 0 Å². The molecule has 0 aromatic heterocycles. The fraction of sp³-hybridized carbons (Fsp3) is 0.562. The molecule has 1 saturated carbocycles. The predicted molar refractivity (Wildman–Crippen MR) is 70.9 cm³/mol. The van der Waals surface area contributed by atoms with Gasteiger partial charge in [0.05, 0.1) is 0 Å². The highest BCUT2D eigenvalue weighted by molar-refractivity contribution is 5.91. The monoisotopic (exact) mass is 248 g/mol. The Morgan fingerprint density at radius 3 is 2.33 bits per heavy atom. The Balaban J connectivity index is 2.32. The summed E-state index contributed by atoms with van der Waals surface area (Å²) >= 11 is 0. The lowest BCUT2D eigenvalue weighted by Gasteiger charge is -2.53. The summed E-state index contributed by atoms with van der Waals surface area (Å²) in [5.41, 5.74) is 0.811. The highest BCUT2D eigenvalue weighted by Gasteiger charge is 2.55. The van der Waals surface area contributed by atoms with Crippen molar-refractivity contribution in [3.63, 3.8) is 0 Å². The highest BCUT2D eigenvalue weighted by atomic mass is 19.1. The van der Waals surface area contributed by atoms with Gasteiger partial charge in [0, 0.05) is 11.8 Å². The van der Waals surface area contributed by atoms with Crippen LogP contribution >= 0.6 is 0 Å². The third kappa shape index (κ3) is 1.79. The molecule has 2 heteroatoms. The molecule has 0 heterocycles. The number of carbonyl (C=O) groups is 1. The second-order valence-corrected chi connectivity index (χ2v) is 6.18. The van der Waals surface area contributed by atoms with Crippen LogP contribution in [0, 0.1) is 17.2 Å². The molecule has 1 aliphatic rings. The van der Waals surface area contributed by atoms with Gasteiger partial charge in [0.15, 0.2) is 0 Å². The molecule has 1 aliphatic carbocycles. The molecule has 0 spiro atoms. The lowest BCUT2D eigenvalue weighted by atomic mass is 9.49. The van der Waals surface area contributed by atoms with E-state index in [2.05, 4.69) is 27.7 Å². The SMILES string of the molecule is CCC1(C)C(=O)CC1C(C)(C)c1ccc(F)cc1. The minimum atomic E-state index is -0.211. The van der Waals surface area contributed by atoms with Gasteiger partial charge in [-0.25, -0.2) is 4.39 Å². The number of halogens is 1. The molecule has 1 aromatic rings. The van der Waals surface area contributed by atoms with Crippen molar-refractivity contribution in [2.24, 2.45) is 11.3 Å². The van der Waals surface area contributed by atoms with Crippen molar-refractivity contribution in [1.82, 2.24) is 0 Å². The van der Waals surface area contributed by atoms with Crippen molar-refractivity contribution in [3.8, 4) is 0 Å². The molecule has 18 heavy (non-hydrogen) atoms. The van der Waals surface area contributed by atoms with E-state index in [4.69, 9.17) is 0 Å². The van der Waals surface area contributed by atoms with Crippen molar-refractivity contribution in [3.05, 3.63) is 35.6 Å². The van der Waals surface area contributed by atoms with Crippen molar-refractivity contribution < 1.29 is 9.18 Å². The lowest BCUT2D eigenvalue weighted by Crippen LogP contribution is -2.55. The minimum Gasteiger partial charge on any atom is -0.299 e. The Labute approximate surface area is 108 Å². The molecule has 0 N–H and O–H groups in total. The van der Waals surface area contributed by atoms with Crippen LogP contribution in [0.2, 0.25) is 0 Å². The van der Waals surface area contributed by atoms with Gasteiger partial charge >= 0.3 is 0 Å². The Kier molecular flexibility index (Phi) is 3.08. The number of benzene rings is 1. The van der Waals surface area contributed by atoms with E-state index < -0.39 is 0 Å². The Morgan fingerprint density at radius 2 is 1.89 bits per heavy atom. The van der Waals surface area contributed by atoms with Gasteiger partial charge in [-0.05, 0) is 35.4 Å². The number of rotatable bonds is 3. The maximum absolute atomic E-state index is 13.0. The highest BCUT2D eigenvalue weighted by Crippen LogP contribution is 2.54. The number of Topliss-reactive ketones (excluding diaryl/α,β-unsaturated/α-hetero) is 1. The summed E-state index contributed by atoms with van der Waals surface area (Å²) in [6.45, 7) is 8.45. The molecule has 0 saturated heterocycles. The van der Waals surface area contributed by atoms with Crippen molar-refractivity contribution in [1.29, 1.82) is 0 Å². The van der Waals surface area contributed by atoms with Crippen LogP contribution in [0.3, 0.4) is 0 Å². The summed E-state index contributed by atoms with van der Waals surface area (Å²) in [5.74, 6) is 0.496. The first-order valence-corrected chi connectivity index (χ1v) is 6.61. The molecule has 0 bridgehead atoms. The summed E-state index contributed by atoms with van der Waals surface area (Å²) in [7, 11) is 0. The van der Waals surface area contributed by atoms with Crippen LogP contribution < -0.4 is 0 Å². The third-order valence-corrected chi connectivity index (χ3v) is 4.99. The van der Waals surface area contributed by atoms with Crippen LogP contribution in [0.5, 0.6) is 0 Å². The van der Waals surface area contributed by atoms with Crippen molar-refractivity contribution >= 4 is 5.78 Å². The van der Waals surface area contributed by atoms with Crippen LogP contribution in [0.1, 0.15) is 46.1 Å². The largest absolute Gasteiger partial charge is 0.299 e. The molecule has 0 amide bonds. The second kappa shape index (κ2) is 4.18. The number of ketones is 1. The van der Waals surface area contributed by atoms with E-state index in [1.165, 1.54) is 12.1 Å². The molecule has 98 valence electrons. The van der Waals surface area contributed by atoms with Gasteiger partial charge in [0.25, 0.3) is 0 Å². The molecule has 0 radical (unpaired) electrons. The molecule has 1 fully saturated rings. The quantitative estimate of drug-likeness (QED) is 0.786. The summed E-state index contributed by atoms with van der Waals surface area (Å²) in [6, 6.07) is 6.68. The first-order valence-electron chi connectivity index (χ1n) is 6.61. The average molecular weight is 248 g/mol. The summed E-state index contributed by atoms with van der Waals surface area (Å²) in [5, 5.41) is 0. The van der Waals surface area contributed by atoms with Gasteiger partial charge in [-0.15, -0.1) is 0 Å². The van der Waals surface area contributed by atoms with Crippen LogP contribution in [0.4, 0.5) is 4.39 Å². The predicted octanol–water partition coefficient (Wildman–Crippen LogP) is 4.11. The van der Waals surface area contributed by atoms with E-state index in [1.807, 2.05) is 12.1 Å². The van der Waals surface area contributed by atoms with Gasteiger partial charge in [-0.2, -0.15) is 0 Å². The summed E-state index contributed by atoms with van der Waals surface area (Å²) < 4.78 is 13.0.